The van der Waals surface area contributed by atoms with Crippen molar-refractivity contribution in [3.63, 3.8) is 0 Å². The summed E-state index contributed by atoms with van der Waals surface area (Å²) in [6.45, 7) is 0. The topological polar surface area (TPSA) is 68.5 Å². The Labute approximate surface area is 147 Å². The Balaban J connectivity index is 2.26. The Morgan fingerprint density at radius 2 is 1.83 bits per heavy atom. The van der Waals surface area contributed by atoms with Gasteiger partial charge in [0, 0.05) is 16.6 Å². The van der Waals surface area contributed by atoms with Crippen LogP contribution in [0.2, 0.25) is 10.0 Å². The number of carboxylic acid groups (broad SMARTS) is 1. The maximum absolute atomic E-state index is 13.0. The lowest BCUT2D eigenvalue weighted by atomic mass is 10.1. The number of para-hydroxylation sites is 1. The summed E-state index contributed by atoms with van der Waals surface area (Å²) < 4.78 is 6.45. The van der Waals surface area contributed by atoms with Crippen molar-refractivity contribution < 1.29 is 19.4 Å². The van der Waals surface area contributed by atoms with E-state index in [1.54, 1.807) is 24.3 Å². The number of rotatable bonds is 3. The molecule has 1 aromatic heterocycles. The van der Waals surface area contributed by atoms with Crippen molar-refractivity contribution in [2.24, 2.45) is 0 Å². The highest BCUT2D eigenvalue weighted by Gasteiger charge is 2.22. The van der Waals surface area contributed by atoms with Crippen LogP contribution in [0.5, 0.6) is 5.75 Å². The van der Waals surface area contributed by atoms with Crippen LogP contribution in [0.4, 0.5) is 0 Å². The van der Waals surface area contributed by atoms with E-state index in [-0.39, 0.29) is 26.9 Å². The Morgan fingerprint density at radius 3 is 2.50 bits per heavy atom. The van der Waals surface area contributed by atoms with Gasteiger partial charge in [0.15, 0.2) is 0 Å². The molecule has 0 aliphatic heterocycles. The lowest BCUT2D eigenvalue weighted by Crippen LogP contribution is -2.12. The van der Waals surface area contributed by atoms with Crippen LogP contribution >= 0.6 is 23.2 Å². The number of carbonyl (C=O) groups is 2. The van der Waals surface area contributed by atoms with Crippen molar-refractivity contribution in [2.45, 2.75) is 0 Å². The third kappa shape index (κ3) is 2.62. The van der Waals surface area contributed by atoms with Crippen molar-refractivity contribution >= 4 is 46.0 Å². The average Bonchev–Trinajstić information content (AvgIpc) is 2.93. The first-order chi connectivity index (χ1) is 11.4. The van der Waals surface area contributed by atoms with Crippen molar-refractivity contribution in [3.8, 4) is 5.75 Å². The molecule has 24 heavy (non-hydrogen) atoms. The number of methoxy groups -OCH3 is 1. The molecule has 0 bridgehead atoms. The summed E-state index contributed by atoms with van der Waals surface area (Å²) in [6, 6.07) is 9.64. The minimum Gasteiger partial charge on any atom is -0.494 e. The number of hydrogen-bond acceptors (Lipinski definition) is 3. The minimum atomic E-state index is -1.12. The summed E-state index contributed by atoms with van der Waals surface area (Å²) in [5, 5.41) is 10.3. The van der Waals surface area contributed by atoms with E-state index in [1.165, 1.54) is 30.0 Å². The quantitative estimate of drug-likeness (QED) is 0.751. The van der Waals surface area contributed by atoms with Gasteiger partial charge in [-0.05, 0) is 18.2 Å². The van der Waals surface area contributed by atoms with Gasteiger partial charge in [-0.2, -0.15) is 0 Å². The number of carbonyl (C=O) groups excluding carboxylic acids is 1. The second-order valence-corrected chi connectivity index (χ2v) is 5.85. The fraction of sp³-hybridized carbons (Fsp3) is 0.0588. The summed E-state index contributed by atoms with van der Waals surface area (Å²) in [7, 11) is 1.39. The number of halogens is 2. The van der Waals surface area contributed by atoms with E-state index >= 15 is 0 Å². The first-order valence-corrected chi connectivity index (χ1v) is 7.60. The van der Waals surface area contributed by atoms with Crippen LogP contribution < -0.4 is 4.74 Å². The van der Waals surface area contributed by atoms with Crippen LogP contribution in [-0.2, 0) is 0 Å². The second-order valence-electron chi connectivity index (χ2n) is 5.01. The lowest BCUT2D eigenvalue weighted by Gasteiger charge is -2.11. The van der Waals surface area contributed by atoms with Crippen LogP contribution in [0.3, 0.4) is 0 Å². The highest BCUT2D eigenvalue weighted by molar-refractivity contribution is 6.36. The predicted molar refractivity (Wildman–Crippen MR) is 91.6 cm³/mol. The summed E-state index contributed by atoms with van der Waals surface area (Å²) in [4.78, 5) is 24.4. The molecule has 0 amide bonds. The van der Waals surface area contributed by atoms with Crippen molar-refractivity contribution in [1.29, 1.82) is 0 Å². The van der Waals surface area contributed by atoms with Gasteiger partial charge >= 0.3 is 5.97 Å². The number of aromatic carboxylic acids is 1. The zero-order chi connectivity index (χ0) is 17.4. The number of nitrogens with zero attached hydrogens (tertiary/aromatic N) is 1. The number of carboxylic acids is 1. The van der Waals surface area contributed by atoms with E-state index in [0.29, 0.717) is 10.9 Å². The third-order valence-electron chi connectivity index (χ3n) is 3.60. The van der Waals surface area contributed by atoms with E-state index < -0.39 is 11.9 Å². The standard InChI is InChI=1S/C17H11Cl2NO4/c1-24-15-11(6-9(18)7-13(15)19)16(21)20-8-12(17(22)23)10-4-2-3-5-14(10)20/h2-8H,1H3,(H,22,23). The molecule has 0 radical (unpaired) electrons. The molecular formula is C17H11Cl2NO4. The molecule has 7 heteroatoms. The molecule has 0 atom stereocenters. The van der Waals surface area contributed by atoms with E-state index in [0.717, 1.165) is 0 Å². The number of benzene rings is 2. The van der Waals surface area contributed by atoms with Gasteiger partial charge in [-0.3, -0.25) is 9.36 Å². The Bertz CT molecular complexity index is 978. The van der Waals surface area contributed by atoms with Gasteiger partial charge in [0.25, 0.3) is 5.91 Å². The molecule has 5 nitrogen and oxygen atoms in total. The van der Waals surface area contributed by atoms with Gasteiger partial charge in [-0.1, -0.05) is 41.4 Å². The summed E-state index contributed by atoms with van der Waals surface area (Å²) in [6.07, 6.45) is 1.28. The number of ether oxygens (including phenoxy) is 1. The molecular weight excluding hydrogens is 353 g/mol. The number of hydrogen-bond donors (Lipinski definition) is 1. The van der Waals surface area contributed by atoms with Crippen molar-refractivity contribution in [2.75, 3.05) is 7.11 Å². The van der Waals surface area contributed by atoms with E-state index in [9.17, 15) is 14.7 Å². The Kier molecular flexibility index (Phi) is 4.22. The normalized spacial score (nSPS) is 10.8. The van der Waals surface area contributed by atoms with E-state index in [2.05, 4.69) is 0 Å². The first-order valence-electron chi connectivity index (χ1n) is 6.85. The predicted octanol–water partition coefficient (Wildman–Crippen LogP) is 4.34. The van der Waals surface area contributed by atoms with Gasteiger partial charge in [0.1, 0.15) is 5.75 Å². The highest BCUT2D eigenvalue weighted by Crippen LogP contribution is 2.33. The fourth-order valence-corrected chi connectivity index (χ4v) is 3.15. The molecule has 0 aliphatic rings. The lowest BCUT2D eigenvalue weighted by molar-refractivity contribution is 0.0699. The van der Waals surface area contributed by atoms with Crippen LogP contribution in [-0.4, -0.2) is 28.7 Å². The van der Waals surface area contributed by atoms with Crippen molar-refractivity contribution in [1.82, 2.24) is 4.57 Å². The van der Waals surface area contributed by atoms with E-state index in [4.69, 9.17) is 27.9 Å². The second kappa shape index (κ2) is 6.19. The molecule has 0 spiro atoms. The smallest absolute Gasteiger partial charge is 0.337 e. The average molecular weight is 364 g/mol. The summed E-state index contributed by atoms with van der Waals surface area (Å²) >= 11 is 12.1. The first kappa shape index (κ1) is 16.4. The van der Waals surface area contributed by atoms with Crippen LogP contribution in [0.1, 0.15) is 20.7 Å². The van der Waals surface area contributed by atoms with E-state index in [1.807, 2.05) is 0 Å². The maximum atomic E-state index is 13.0. The van der Waals surface area contributed by atoms with Gasteiger partial charge in [-0.25, -0.2) is 4.79 Å². The molecule has 0 saturated heterocycles. The van der Waals surface area contributed by atoms with Gasteiger partial charge in [-0.15, -0.1) is 0 Å². The molecule has 3 rings (SSSR count). The summed E-state index contributed by atoms with van der Waals surface area (Å²) in [5.74, 6) is -1.42. The monoisotopic (exact) mass is 363 g/mol. The Hall–Kier alpha value is -2.50. The van der Waals surface area contributed by atoms with Gasteiger partial charge in [0.05, 0.1) is 28.8 Å². The molecule has 0 saturated carbocycles. The molecule has 0 aliphatic carbocycles. The maximum Gasteiger partial charge on any atom is 0.337 e. The highest BCUT2D eigenvalue weighted by atomic mass is 35.5. The molecule has 1 N–H and O–H groups in total. The number of aromatic nitrogens is 1. The van der Waals surface area contributed by atoms with Crippen LogP contribution in [0.25, 0.3) is 10.9 Å². The largest absolute Gasteiger partial charge is 0.494 e. The fourth-order valence-electron chi connectivity index (χ4n) is 2.57. The zero-order valence-electron chi connectivity index (χ0n) is 12.4. The van der Waals surface area contributed by atoms with Gasteiger partial charge < -0.3 is 9.84 Å². The van der Waals surface area contributed by atoms with Crippen molar-refractivity contribution in [3.05, 3.63) is 63.8 Å². The Morgan fingerprint density at radius 1 is 1.12 bits per heavy atom. The third-order valence-corrected chi connectivity index (χ3v) is 4.10. The number of fused-ring (bicyclic) bond motifs is 1. The minimum absolute atomic E-state index is 0.0334. The van der Waals surface area contributed by atoms with Crippen LogP contribution in [0, 0.1) is 0 Å². The van der Waals surface area contributed by atoms with Gasteiger partial charge in [0.2, 0.25) is 0 Å². The molecule has 1 heterocycles. The molecule has 0 unspecified atom stereocenters. The zero-order valence-corrected chi connectivity index (χ0v) is 13.9. The molecule has 2 aromatic carbocycles. The molecule has 3 aromatic rings. The van der Waals surface area contributed by atoms with Crippen LogP contribution in [0.15, 0.2) is 42.6 Å². The molecule has 0 fully saturated rings. The SMILES string of the molecule is COc1c(Cl)cc(Cl)cc1C(=O)n1cc(C(=O)O)c2ccccc21. The molecule has 122 valence electrons. The summed E-state index contributed by atoms with van der Waals surface area (Å²) in [5.41, 5.74) is 0.650.